The average molecular weight is 1520 g/mol. The largest absolute Gasteiger partial charge is 0.472 e. The van der Waals surface area contributed by atoms with Crippen LogP contribution in [-0.2, 0) is 65.4 Å². The Kier molecular flexibility index (Phi) is 76.3. The Morgan fingerprint density at radius 3 is 0.654 bits per heavy atom. The number of aliphatic hydroxyl groups is 1. The van der Waals surface area contributed by atoms with Crippen LogP contribution < -0.4 is 0 Å². The van der Waals surface area contributed by atoms with E-state index in [1.54, 1.807) is 0 Å². The molecule has 0 aliphatic heterocycles. The van der Waals surface area contributed by atoms with Crippen molar-refractivity contribution in [3.8, 4) is 0 Å². The standard InChI is InChI=1S/C85H166O17P2/c1-6-9-12-15-18-21-24-27-30-32-33-34-35-36-38-40-43-46-49-56-61-66-71-85(90)101-80(74-95-82(87)68-63-58-53-47-44-42-39-37-31-28-25-22-19-16-13-10-7-2)76-99-103(91,92)97-72-79(86)73-98-104(93,94)100-77-81(75-96-83(88)69-64-59-54-51-50-52-57-62-67-78(4)5)102-84(89)70-65-60-55-48-45-41-29-26-23-20-17-14-11-8-3/h78-81,86H,6-77H2,1-5H3,(H,91,92)(H,93,94)/t79-,80-,81-/m1/s1. The number of hydrogen-bond donors (Lipinski definition) is 3. The van der Waals surface area contributed by atoms with Crippen molar-refractivity contribution in [2.75, 3.05) is 39.6 Å². The summed E-state index contributed by atoms with van der Waals surface area (Å²) in [4.78, 5) is 73.2. The van der Waals surface area contributed by atoms with E-state index in [1.807, 2.05) is 0 Å². The Hall–Kier alpha value is -1.94. The number of rotatable bonds is 85. The molecule has 2 unspecified atom stereocenters. The van der Waals surface area contributed by atoms with Crippen LogP contribution >= 0.6 is 15.6 Å². The van der Waals surface area contributed by atoms with Crippen LogP contribution in [0.2, 0.25) is 0 Å². The van der Waals surface area contributed by atoms with Gasteiger partial charge in [-0.3, -0.25) is 37.3 Å². The third-order valence-electron chi connectivity index (χ3n) is 20.0. The van der Waals surface area contributed by atoms with Crippen molar-refractivity contribution < 1.29 is 80.2 Å². The molecule has 0 aromatic carbocycles. The smallest absolute Gasteiger partial charge is 0.462 e. The van der Waals surface area contributed by atoms with E-state index in [1.165, 1.54) is 283 Å². The summed E-state index contributed by atoms with van der Waals surface area (Å²) in [6, 6.07) is 0. The van der Waals surface area contributed by atoms with Crippen molar-refractivity contribution in [3.63, 3.8) is 0 Å². The molecule has 0 amide bonds. The molecule has 0 saturated heterocycles. The first-order valence-electron chi connectivity index (χ1n) is 44.1. The quantitative estimate of drug-likeness (QED) is 0.0222. The zero-order chi connectivity index (χ0) is 76.2. The Morgan fingerprint density at radius 1 is 0.260 bits per heavy atom. The van der Waals surface area contributed by atoms with E-state index in [0.717, 1.165) is 95.8 Å². The van der Waals surface area contributed by atoms with E-state index in [4.69, 9.17) is 37.0 Å². The molecule has 0 aromatic rings. The summed E-state index contributed by atoms with van der Waals surface area (Å²) in [5, 5.41) is 10.7. The maximum atomic E-state index is 13.1. The lowest BCUT2D eigenvalue weighted by molar-refractivity contribution is -0.161. The van der Waals surface area contributed by atoms with Crippen LogP contribution in [-0.4, -0.2) is 96.7 Å². The molecule has 19 heteroatoms. The van der Waals surface area contributed by atoms with Gasteiger partial charge in [-0.2, -0.15) is 0 Å². The molecule has 3 N–H and O–H groups in total. The number of ether oxygens (including phenoxy) is 4. The van der Waals surface area contributed by atoms with Gasteiger partial charge in [-0.1, -0.05) is 407 Å². The van der Waals surface area contributed by atoms with E-state index in [0.29, 0.717) is 25.7 Å². The number of carbonyl (C=O) groups excluding carboxylic acids is 4. The third kappa shape index (κ3) is 78.2. The second-order valence-corrected chi connectivity index (χ2v) is 34.0. The molecule has 0 radical (unpaired) electrons. The first-order chi connectivity index (χ1) is 50.5. The summed E-state index contributed by atoms with van der Waals surface area (Å²) in [5.74, 6) is -1.38. The van der Waals surface area contributed by atoms with E-state index >= 15 is 0 Å². The SMILES string of the molecule is CCCCCCCCCCCCCCCCCCCCCCCCC(=O)O[C@H](COC(=O)CCCCCCCCCCCCCCCCCCC)COP(=O)(O)OC[C@@H](O)COP(=O)(O)OC[C@@H](COC(=O)CCCCCCCCCCC(C)C)OC(=O)CCCCCCCCCCCCCCCC. The lowest BCUT2D eigenvalue weighted by Crippen LogP contribution is -2.30. The molecule has 0 aliphatic carbocycles. The molecule has 0 saturated carbocycles. The minimum atomic E-state index is -4.96. The molecule has 0 heterocycles. The highest BCUT2D eigenvalue weighted by molar-refractivity contribution is 7.47. The maximum Gasteiger partial charge on any atom is 0.472 e. The summed E-state index contributed by atoms with van der Waals surface area (Å²) in [6.07, 6.45) is 70.9. The number of aliphatic hydroxyl groups excluding tert-OH is 1. The van der Waals surface area contributed by atoms with E-state index in [9.17, 15) is 43.2 Å². The summed E-state index contributed by atoms with van der Waals surface area (Å²) < 4.78 is 68.9. The minimum absolute atomic E-state index is 0.108. The van der Waals surface area contributed by atoms with Crippen LogP contribution in [0.4, 0.5) is 0 Å². The predicted octanol–water partition coefficient (Wildman–Crippen LogP) is 26.0. The van der Waals surface area contributed by atoms with Gasteiger partial charge in [0, 0.05) is 25.7 Å². The molecule has 0 spiro atoms. The number of esters is 4. The van der Waals surface area contributed by atoms with Crippen LogP contribution in [0.25, 0.3) is 0 Å². The minimum Gasteiger partial charge on any atom is -0.462 e. The van der Waals surface area contributed by atoms with Gasteiger partial charge in [-0.15, -0.1) is 0 Å². The van der Waals surface area contributed by atoms with Crippen LogP contribution in [0.15, 0.2) is 0 Å². The Labute approximate surface area is 638 Å². The number of phosphoric acid groups is 2. The van der Waals surface area contributed by atoms with Crippen molar-refractivity contribution in [2.45, 2.75) is 477 Å². The topological polar surface area (TPSA) is 237 Å². The molecule has 618 valence electrons. The van der Waals surface area contributed by atoms with Gasteiger partial charge < -0.3 is 33.8 Å². The number of hydrogen-bond acceptors (Lipinski definition) is 15. The average Bonchev–Trinajstić information content (AvgIpc) is 0.909. The van der Waals surface area contributed by atoms with Gasteiger partial charge in [-0.05, 0) is 31.6 Å². The first kappa shape index (κ1) is 102. The maximum absolute atomic E-state index is 13.1. The van der Waals surface area contributed by atoms with Crippen LogP contribution in [0.1, 0.15) is 458 Å². The van der Waals surface area contributed by atoms with Gasteiger partial charge in [0.05, 0.1) is 26.4 Å². The molecule has 0 fully saturated rings. The Morgan fingerprint density at radius 2 is 0.442 bits per heavy atom. The summed E-state index contributed by atoms with van der Waals surface area (Å²) in [7, 11) is -9.92. The van der Waals surface area contributed by atoms with Crippen LogP contribution in [0, 0.1) is 5.92 Å². The van der Waals surface area contributed by atoms with Crippen molar-refractivity contribution in [3.05, 3.63) is 0 Å². The lowest BCUT2D eigenvalue weighted by atomic mass is 10.0. The normalized spacial score (nSPS) is 13.8. The Balaban J connectivity index is 5.22. The van der Waals surface area contributed by atoms with Gasteiger partial charge in [-0.25, -0.2) is 9.13 Å². The van der Waals surface area contributed by atoms with Gasteiger partial charge in [0.1, 0.15) is 19.3 Å². The molecule has 5 atom stereocenters. The van der Waals surface area contributed by atoms with Crippen LogP contribution in [0.3, 0.4) is 0 Å². The zero-order valence-corrected chi connectivity index (χ0v) is 70.0. The monoisotopic (exact) mass is 1520 g/mol. The predicted molar refractivity (Wildman–Crippen MR) is 428 cm³/mol. The highest BCUT2D eigenvalue weighted by atomic mass is 31.2. The molecular weight excluding hydrogens is 1350 g/mol. The highest BCUT2D eigenvalue weighted by Gasteiger charge is 2.30. The van der Waals surface area contributed by atoms with Crippen molar-refractivity contribution in [2.24, 2.45) is 5.92 Å². The fourth-order valence-corrected chi connectivity index (χ4v) is 14.9. The van der Waals surface area contributed by atoms with Crippen molar-refractivity contribution in [1.29, 1.82) is 0 Å². The summed E-state index contributed by atoms with van der Waals surface area (Å²) >= 11 is 0. The number of carbonyl (C=O) groups is 4. The molecule has 0 aromatic heterocycles. The summed E-state index contributed by atoms with van der Waals surface area (Å²) in [5.41, 5.74) is 0. The zero-order valence-electron chi connectivity index (χ0n) is 68.2. The summed E-state index contributed by atoms with van der Waals surface area (Å²) in [6.45, 7) is 7.32. The second kappa shape index (κ2) is 77.8. The molecule has 17 nitrogen and oxygen atoms in total. The van der Waals surface area contributed by atoms with Gasteiger partial charge in [0.25, 0.3) is 0 Å². The molecular formula is C85H166O17P2. The van der Waals surface area contributed by atoms with Crippen molar-refractivity contribution in [1.82, 2.24) is 0 Å². The van der Waals surface area contributed by atoms with E-state index in [2.05, 4.69) is 34.6 Å². The number of unbranched alkanes of at least 4 members (excludes halogenated alkanes) is 57. The fourth-order valence-electron chi connectivity index (χ4n) is 13.3. The lowest BCUT2D eigenvalue weighted by Gasteiger charge is -2.21. The van der Waals surface area contributed by atoms with Gasteiger partial charge in [0.2, 0.25) is 0 Å². The second-order valence-electron chi connectivity index (χ2n) is 31.1. The Bertz CT molecular complexity index is 1980. The molecule has 0 bridgehead atoms. The van der Waals surface area contributed by atoms with Gasteiger partial charge >= 0.3 is 39.5 Å². The number of phosphoric ester groups is 2. The third-order valence-corrected chi connectivity index (χ3v) is 21.9. The van der Waals surface area contributed by atoms with Crippen molar-refractivity contribution >= 4 is 39.5 Å². The van der Waals surface area contributed by atoms with Gasteiger partial charge in [0.15, 0.2) is 12.2 Å². The van der Waals surface area contributed by atoms with E-state index < -0.39 is 97.5 Å². The highest BCUT2D eigenvalue weighted by Crippen LogP contribution is 2.45. The molecule has 0 rings (SSSR count). The fraction of sp³-hybridized carbons (Fsp3) is 0.953. The molecule has 0 aliphatic rings. The first-order valence-corrected chi connectivity index (χ1v) is 47.1. The van der Waals surface area contributed by atoms with E-state index in [-0.39, 0.29) is 25.7 Å². The van der Waals surface area contributed by atoms with Crippen LogP contribution in [0.5, 0.6) is 0 Å². The molecule has 104 heavy (non-hydrogen) atoms.